The van der Waals surface area contributed by atoms with Crippen LogP contribution in [0, 0.1) is 6.92 Å². The topological polar surface area (TPSA) is 80.7 Å². The number of nitrogens with one attached hydrogen (secondary N) is 1. The summed E-state index contributed by atoms with van der Waals surface area (Å²) in [5, 5.41) is 13.4. The third-order valence-electron chi connectivity index (χ3n) is 3.80. The Morgan fingerprint density at radius 1 is 1.30 bits per heavy atom. The van der Waals surface area contributed by atoms with E-state index >= 15 is 0 Å². The molecule has 1 aromatic carbocycles. The lowest BCUT2D eigenvalue weighted by Gasteiger charge is -2.27. The van der Waals surface area contributed by atoms with Gasteiger partial charge in [-0.1, -0.05) is 0 Å². The van der Waals surface area contributed by atoms with E-state index in [2.05, 4.69) is 10.3 Å². The zero-order valence-corrected chi connectivity index (χ0v) is 15.5. The highest BCUT2D eigenvalue weighted by Gasteiger charge is 2.58. The summed E-state index contributed by atoms with van der Waals surface area (Å²) in [6, 6.07) is 4.46. The molecule has 2 heterocycles. The predicted molar refractivity (Wildman–Crippen MR) is 91.8 cm³/mol. The molecule has 1 atom stereocenters. The summed E-state index contributed by atoms with van der Waals surface area (Å²) in [5.41, 5.74) is -2.81. The van der Waals surface area contributed by atoms with Crippen LogP contribution in [0.2, 0.25) is 0 Å². The van der Waals surface area contributed by atoms with Crippen LogP contribution >= 0.6 is 11.3 Å². The first-order chi connectivity index (χ1) is 12.4. The SMILES string of the molecule is Cc1csc([C@](O)(CC(=O)Nc2ccc3c(c2)OC(C)(C)O3)C(F)(F)F)n1. The highest BCUT2D eigenvalue weighted by atomic mass is 32.1. The molecule has 0 bridgehead atoms. The van der Waals surface area contributed by atoms with Crippen molar-refractivity contribution in [3.8, 4) is 11.5 Å². The van der Waals surface area contributed by atoms with Gasteiger partial charge in [-0.2, -0.15) is 13.2 Å². The average Bonchev–Trinajstić information content (AvgIpc) is 3.07. The van der Waals surface area contributed by atoms with Crippen molar-refractivity contribution < 1.29 is 32.5 Å². The molecule has 3 rings (SSSR count). The number of carbonyl (C=O) groups excluding carboxylic acids is 1. The van der Waals surface area contributed by atoms with Crippen LogP contribution in [0.4, 0.5) is 18.9 Å². The minimum atomic E-state index is -5.06. The number of ether oxygens (including phenoxy) is 2. The molecule has 0 fully saturated rings. The minimum Gasteiger partial charge on any atom is -0.449 e. The van der Waals surface area contributed by atoms with Gasteiger partial charge in [0, 0.05) is 36.7 Å². The van der Waals surface area contributed by atoms with Gasteiger partial charge in [-0.25, -0.2) is 4.98 Å². The largest absolute Gasteiger partial charge is 0.449 e. The number of halogens is 3. The van der Waals surface area contributed by atoms with Gasteiger partial charge in [0.25, 0.3) is 0 Å². The van der Waals surface area contributed by atoms with E-state index in [-0.39, 0.29) is 5.69 Å². The highest BCUT2D eigenvalue weighted by molar-refractivity contribution is 7.09. The number of nitrogens with zero attached hydrogens (tertiary/aromatic N) is 1. The van der Waals surface area contributed by atoms with Crippen LogP contribution in [-0.2, 0) is 10.4 Å². The lowest BCUT2D eigenvalue weighted by molar-refractivity contribution is -0.266. The van der Waals surface area contributed by atoms with E-state index in [0.29, 0.717) is 28.5 Å². The first kappa shape index (κ1) is 19.4. The zero-order chi connectivity index (χ0) is 20.0. The quantitative estimate of drug-likeness (QED) is 0.815. The Kier molecular flexibility index (Phi) is 4.59. The van der Waals surface area contributed by atoms with E-state index in [1.807, 2.05) is 0 Å². The molecule has 2 N–H and O–H groups in total. The first-order valence-electron chi connectivity index (χ1n) is 7.93. The molecule has 10 heteroatoms. The molecule has 0 saturated carbocycles. The fourth-order valence-corrected chi connectivity index (χ4v) is 3.49. The summed E-state index contributed by atoms with van der Waals surface area (Å²) >= 11 is 0.650. The summed E-state index contributed by atoms with van der Waals surface area (Å²) in [5.74, 6) is -1.06. The van der Waals surface area contributed by atoms with Crippen LogP contribution in [0.5, 0.6) is 11.5 Å². The summed E-state index contributed by atoms with van der Waals surface area (Å²) < 4.78 is 51.4. The van der Waals surface area contributed by atoms with Crippen LogP contribution in [0.25, 0.3) is 0 Å². The standard InChI is InChI=1S/C17H17F3N2O4S/c1-9-8-27-14(21-9)16(24,17(18,19)20)7-13(23)22-10-4-5-11-12(6-10)26-15(2,3)25-11/h4-6,8,24H,7H2,1-3H3,(H,22,23)/t16-/m1/s1. The van der Waals surface area contributed by atoms with E-state index in [0.717, 1.165) is 0 Å². The summed E-state index contributed by atoms with van der Waals surface area (Å²) in [6.07, 6.45) is -6.28. The van der Waals surface area contributed by atoms with E-state index in [1.54, 1.807) is 19.9 Å². The molecule has 6 nitrogen and oxygen atoms in total. The number of anilines is 1. The number of benzene rings is 1. The van der Waals surface area contributed by atoms with Crippen LogP contribution < -0.4 is 14.8 Å². The fourth-order valence-electron chi connectivity index (χ4n) is 2.58. The molecule has 0 spiro atoms. The molecule has 1 aliphatic rings. The van der Waals surface area contributed by atoms with Crippen molar-refractivity contribution in [1.29, 1.82) is 0 Å². The molecule has 0 radical (unpaired) electrons. The van der Waals surface area contributed by atoms with Gasteiger partial charge in [-0.3, -0.25) is 4.79 Å². The number of carbonyl (C=O) groups is 1. The Hall–Kier alpha value is -2.33. The minimum absolute atomic E-state index is 0.222. The number of aromatic nitrogens is 1. The lowest BCUT2D eigenvalue weighted by Crippen LogP contribution is -2.45. The molecule has 0 unspecified atom stereocenters. The maximum absolute atomic E-state index is 13.5. The van der Waals surface area contributed by atoms with Crippen molar-refractivity contribution in [2.75, 3.05) is 5.32 Å². The average molecular weight is 402 g/mol. The Morgan fingerprint density at radius 2 is 1.96 bits per heavy atom. The van der Waals surface area contributed by atoms with E-state index in [4.69, 9.17) is 9.47 Å². The molecular formula is C17H17F3N2O4S. The number of fused-ring (bicyclic) bond motifs is 1. The lowest BCUT2D eigenvalue weighted by atomic mass is 9.99. The second kappa shape index (κ2) is 6.38. The first-order valence-corrected chi connectivity index (χ1v) is 8.81. The van der Waals surface area contributed by atoms with Crippen LogP contribution in [0.15, 0.2) is 23.6 Å². The van der Waals surface area contributed by atoms with E-state index < -0.39 is 34.9 Å². The predicted octanol–water partition coefficient (Wildman–Crippen LogP) is 3.74. The Bertz CT molecular complexity index is 881. The Morgan fingerprint density at radius 3 is 2.56 bits per heavy atom. The summed E-state index contributed by atoms with van der Waals surface area (Å²) in [6.45, 7) is 4.90. The van der Waals surface area contributed by atoms with Gasteiger partial charge >= 0.3 is 6.18 Å². The summed E-state index contributed by atoms with van der Waals surface area (Å²) in [4.78, 5) is 15.9. The number of aryl methyl sites for hydroxylation is 1. The summed E-state index contributed by atoms with van der Waals surface area (Å²) in [7, 11) is 0. The Labute approximate surface area is 156 Å². The van der Waals surface area contributed by atoms with Crippen molar-refractivity contribution >= 4 is 22.9 Å². The monoisotopic (exact) mass is 402 g/mol. The highest BCUT2D eigenvalue weighted by Crippen LogP contribution is 2.44. The van der Waals surface area contributed by atoms with E-state index in [9.17, 15) is 23.1 Å². The molecular weight excluding hydrogens is 385 g/mol. The molecule has 1 amide bonds. The van der Waals surface area contributed by atoms with Crippen LogP contribution in [0.3, 0.4) is 0 Å². The third kappa shape index (κ3) is 3.86. The van der Waals surface area contributed by atoms with Crippen molar-refractivity contribution in [3.05, 3.63) is 34.3 Å². The van der Waals surface area contributed by atoms with Gasteiger partial charge in [0.05, 0.1) is 6.42 Å². The number of hydrogen-bond acceptors (Lipinski definition) is 6. The fraction of sp³-hybridized carbons (Fsp3) is 0.412. The second-order valence-electron chi connectivity index (χ2n) is 6.64. The van der Waals surface area contributed by atoms with Gasteiger partial charge in [-0.05, 0) is 19.1 Å². The van der Waals surface area contributed by atoms with E-state index in [1.165, 1.54) is 24.4 Å². The van der Waals surface area contributed by atoms with Gasteiger partial charge < -0.3 is 19.9 Å². The molecule has 1 aromatic heterocycles. The molecule has 0 aliphatic carbocycles. The molecule has 1 aliphatic heterocycles. The van der Waals surface area contributed by atoms with Gasteiger partial charge in [-0.15, -0.1) is 11.3 Å². The maximum Gasteiger partial charge on any atom is 0.424 e. The normalized spacial score (nSPS) is 17.4. The number of rotatable bonds is 4. The number of thiazole rings is 1. The van der Waals surface area contributed by atoms with Gasteiger partial charge in [0.15, 0.2) is 11.5 Å². The van der Waals surface area contributed by atoms with Crippen molar-refractivity contribution in [2.45, 2.75) is 44.8 Å². The number of alkyl halides is 3. The van der Waals surface area contributed by atoms with Crippen molar-refractivity contribution in [3.63, 3.8) is 0 Å². The smallest absolute Gasteiger partial charge is 0.424 e. The maximum atomic E-state index is 13.5. The number of amides is 1. The Balaban J connectivity index is 1.78. The third-order valence-corrected chi connectivity index (χ3v) is 4.91. The molecule has 146 valence electrons. The number of aliphatic hydroxyl groups is 1. The van der Waals surface area contributed by atoms with Crippen molar-refractivity contribution in [1.82, 2.24) is 4.98 Å². The van der Waals surface area contributed by atoms with Crippen molar-refractivity contribution in [2.24, 2.45) is 0 Å². The van der Waals surface area contributed by atoms with Crippen LogP contribution in [-0.4, -0.2) is 28.0 Å². The second-order valence-corrected chi connectivity index (χ2v) is 7.50. The van der Waals surface area contributed by atoms with Gasteiger partial charge in [0.1, 0.15) is 5.01 Å². The molecule has 2 aromatic rings. The number of hydrogen-bond donors (Lipinski definition) is 2. The molecule has 0 saturated heterocycles. The van der Waals surface area contributed by atoms with Crippen LogP contribution in [0.1, 0.15) is 31.0 Å². The zero-order valence-electron chi connectivity index (χ0n) is 14.7. The van der Waals surface area contributed by atoms with Gasteiger partial charge in [0.2, 0.25) is 17.3 Å². The molecule has 27 heavy (non-hydrogen) atoms.